The quantitative estimate of drug-likeness (QED) is 0.233. The molecule has 0 fully saturated rings. The molecule has 3 nitrogen and oxygen atoms in total. The third kappa shape index (κ3) is 1.79. The number of aromatic nitrogens is 3. The number of benzene rings is 4. The van der Waals surface area contributed by atoms with Gasteiger partial charge < -0.3 is 4.57 Å². The van der Waals surface area contributed by atoms with E-state index in [9.17, 15) is 0 Å². The first-order valence-electron chi connectivity index (χ1n) is 10.7. The first-order chi connectivity index (χ1) is 15.4. The first-order valence-corrected chi connectivity index (χ1v) is 10.7. The van der Waals surface area contributed by atoms with Gasteiger partial charge >= 0.3 is 0 Å². The highest BCUT2D eigenvalue weighted by Gasteiger charge is 2.27. The minimum Gasteiger partial charge on any atom is -0.308 e. The Morgan fingerprint density at radius 3 is 2.29 bits per heavy atom. The molecule has 0 radical (unpaired) electrons. The van der Waals surface area contributed by atoms with E-state index in [1.165, 1.54) is 60.1 Å². The number of hydrogen-bond acceptors (Lipinski definition) is 0. The summed E-state index contributed by atoms with van der Waals surface area (Å²) in [4.78, 5) is 0. The summed E-state index contributed by atoms with van der Waals surface area (Å²) in [6.07, 6.45) is 4.46. The summed E-state index contributed by atoms with van der Waals surface area (Å²) in [7, 11) is 0. The van der Waals surface area contributed by atoms with Crippen molar-refractivity contribution in [2.24, 2.45) is 0 Å². The second-order valence-corrected chi connectivity index (χ2v) is 8.50. The van der Waals surface area contributed by atoms with E-state index in [4.69, 9.17) is 0 Å². The van der Waals surface area contributed by atoms with Crippen molar-refractivity contribution in [3.8, 4) is 5.69 Å². The van der Waals surface area contributed by atoms with Crippen molar-refractivity contribution >= 4 is 54.4 Å². The van der Waals surface area contributed by atoms with Crippen LogP contribution >= 0.6 is 0 Å². The number of hydrogen-bond donors (Lipinski definition) is 0. The van der Waals surface area contributed by atoms with Crippen molar-refractivity contribution in [3.05, 3.63) is 97.3 Å². The Morgan fingerprint density at radius 1 is 0.613 bits per heavy atom. The van der Waals surface area contributed by atoms with Gasteiger partial charge in [-0.05, 0) is 46.5 Å². The molecule has 8 rings (SSSR count). The van der Waals surface area contributed by atoms with Crippen LogP contribution in [0.2, 0.25) is 0 Å². The summed E-state index contributed by atoms with van der Waals surface area (Å²) < 4.78 is 7.23. The van der Waals surface area contributed by atoms with E-state index in [-0.39, 0.29) is 0 Å². The predicted molar refractivity (Wildman–Crippen MR) is 127 cm³/mol. The molecule has 31 heavy (non-hydrogen) atoms. The molecule has 4 heterocycles. The Hall–Kier alpha value is -4.11. The molecule has 0 amide bonds. The van der Waals surface area contributed by atoms with E-state index in [1.807, 2.05) is 0 Å². The van der Waals surface area contributed by atoms with E-state index in [0.29, 0.717) is 0 Å². The Bertz CT molecular complexity index is 1850. The minimum atomic E-state index is 0.816. The normalized spacial score (nSPS) is 13.0. The number of rotatable bonds is 1. The lowest BCUT2D eigenvalue weighted by molar-refractivity contribution is -0.672. The predicted octanol–water partition coefficient (Wildman–Crippen LogP) is 6.15. The molecule has 3 heteroatoms. The molecule has 7 aromatic rings. The molecule has 0 saturated heterocycles. The maximum Gasteiger partial charge on any atom is 0.228 e. The van der Waals surface area contributed by atoms with Gasteiger partial charge in [0.2, 0.25) is 12.2 Å². The van der Waals surface area contributed by atoms with Gasteiger partial charge in [0.05, 0.1) is 27.3 Å². The van der Waals surface area contributed by atoms with Crippen LogP contribution in [0.3, 0.4) is 0 Å². The standard InChI is InChI=1S/C28H18N3/c1-2-7-18(8-3-1)31-23-13-12-21-19-9-4-5-10-20(19)22-14-16-30-17-29-15-6-11-24(31)28(29)26(23)25(21)27(22)30/h1-16H,17H2/q+1. The van der Waals surface area contributed by atoms with Gasteiger partial charge in [-0.25, -0.2) is 0 Å². The van der Waals surface area contributed by atoms with Crippen LogP contribution in [-0.4, -0.2) is 9.13 Å². The summed E-state index contributed by atoms with van der Waals surface area (Å²) in [5, 5.41) is 8.05. The molecular formula is C28H18N3+. The van der Waals surface area contributed by atoms with Crippen LogP contribution in [0.5, 0.6) is 0 Å². The summed E-state index contributed by atoms with van der Waals surface area (Å²) in [6, 6.07) is 30.9. The van der Waals surface area contributed by atoms with E-state index < -0.39 is 0 Å². The first kappa shape index (κ1) is 15.7. The molecule has 0 saturated carbocycles. The van der Waals surface area contributed by atoms with E-state index in [2.05, 4.69) is 111 Å². The van der Waals surface area contributed by atoms with Gasteiger partial charge in [-0.1, -0.05) is 48.5 Å². The average molecular weight is 396 g/mol. The van der Waals surface area contributed by atoms with Gasteiger partial charge in [0.15, 0.2) is 6.20 Å². The molecule has 0 unspecified atom stereocenters. The van der Waals surface area contributed by atoms with Crippen LogP contribution in [0.25, 0.3) is 60.1 Å². The Balaban J connectivity index is 1.75. The largest absolute Gasteiger partial charge is 0.308 e. The minimum absolute atomic E-state index is 0.816. The van der Waals surface area contributed by atoms with Crippen LogP contribution in [0.15, 0.2) is 97.3 Å². The SMILES string of the molecule is c1ccc(-n2c3ccc4c5ccccc5c5cc[n+]6c5c4c3c3c2cccn3C6)cc1. The molecule has 1 aliphatic rings. The zero-order valence-corrected chi connectivity index (χ0v) is 16.8. The topological polar surface area (TPSA) is 13.7 Å². The molecule has 144 valence electrons. The number of nitrogens with zero attached hydrogens (tertiary/aromatic N) is 3. The third-order valence-corrected chi connectivity index (χ3v) is 6.98. The van der Waals surface area contributed by atoms with E-state index in [0.717, 1.165) is 6.67 Å². The highest BCUT2D eigenvalue weighted by atomic mass is 15.2. The van der Waals surface area contributed by atoms with Crippen molar-refractivity contribution in [3.63, 3.8) is 0 Å². The fourth-order valence-corrected chi connectivity index (χ4v) is 5.78. The Morgan fingerprint density at radius 2 is 1.42 bits per heavy atom. The second-order valence-electron chi connectivity index (χ2n) is 8.50. The fourth-order valence-electron chi connectivity index (χ4n) is 5.78. The molecular weight excluding hydrogens is 378 g/mol. The van der Waals surface area contributed by atoms with E-state index in [1.54, 1.807) is 0 Å². The number of para-hydroxylation sites is 1. The molecule has 0 N–H and O–H groups in total. The van der Waals surface area contributed by atoms with Gasteiger partial charge in [0, 0.05) is 23.3 Å². The van der Waals surface area contributed by atoms with Crippen molar-refractivity contribution in [1.29, 1.82) is 0 Å². The van der Waals surface area contributed by atoms with Gasteiger partial charge in [-0.15, -0.1) is 0 Å². The van der Waals surface area contributed by atoms with Gasteiger partial charge in [-0.3, -0.25) is 4.57 Å². The van der Waals surface area contributed by atoms with Gasteiger partial charge in [-0.2, -0.15) is 4.57 Å². The van der Waals surface area contributed by atoms with Crippen LogP contribution in [-0.2, 0) is 6.67 Å². The van der Waals surface area contributed by atoms with Crippen molar-refractivity contribution < 1.29 is 4.57 Å². The zero-order valence-electron chi connectivity index (χ0n) is 16.8. The van der Waals surface area contributed by atoms with Gasteiger partial charge in [0.1, 0.15) is 0 Å². The molecule has 0 atom stereocenters. The lowest BCUT2D eigenvalue weighted by Crippen LogP contribution is -2.35. The number of pyridine rings is 1. The highest BCUT2D eigenvalue weighted by molar-refractivity contribution is 6.33. The van der Waals surface area contributed by atoms with Crippen molar-refractivity contribution in [2.45, 2.75) is 6.67 Å². The maximum absolute atomic E-state index is 2.42. The molecule has 0 spiro atoms. The monoisotopic (exact) mass is 396 g/mol. The average Bonchev–Trinajstić information content (AvgIpc) is 3.35. The van der Waals surface area contributed by atoms with Crippen molar-refractivity contribution in [2.75, 3.05) is 0 Å². The van der Waals surface area contributed by atoms with Crippen LogP contribution < -0.4 is 4.57 Å². The summed E-state index contributed by atoms with van der Waals surface area (Å²) in [6.45, 7) is 0.816. The smallest absolute Gasteiger partial charge is 0.228 e. The molecule has 0 bridgehead atoms. The summed E-state index contributed by atoms with van der Waals surface area (Å²) in [5.74, 6) is 0. The maximum atomic E-state index is 2.42. The third-order valence-electron chi connectivity index (χ3n) is 6.98. The van der Waals surface area contributed by atoms with Crippen LogP contribution in [0, 0.1) is 0 Å². The summed E-state index contributed by atoms with van der Waals surface area (Å²) >= 11 is 0. The molecule has 4 aromatic carbocycles. The van der Waals surface area contributed by atoms with Gasteiger partial charge in [0.25, 0.3) is 0 Å². The zero-order chi connectivity index (χ0) is 20.1. The van der Waals surface area contributed by atoms with Crippen molar-refractivity contribution in [1.82, 2.24) is 9.13 Å². The Kier molecular flexibility index (Phi) is 2.69. The summed E-state index contributed by atoms with van der Waals surface area (Å²) in [5.41, 5.74) is 6.37. The second kappa shape index (κ2) is 5.32. The highest BCUT2D eigenvalue weighted by Crippen LogP contribution is 2.43. The molecule has 1 aliphatic heterocycles. The molecule has 3 aromatic heterocycles. The van der Waals surface area contributed by atoms with E-state index >= 15 is 0 Å². The van der Waals surface area contributed by atoms with Crippen LogP contribution in [0.1, 0.15) is 0 Å². The van der Waals surface area contributed by atoms with Crippen LogP contribution in [0.4, 0.5) is 0 Å². The lowest BCUT2D eigenvalue weighted by Gasteiger charge is -2.10. The Labute approximate surface area is 178 Å². The number of fused-ring (bicyclic) bond motifs is 3. The fraction of sp³-hybridized carbons (Fsp3) is 0.0357. The molecule has 0 aliphatic carbocycles. The lowest BCUT2D eigenvalue weighted by atomic mass is 9.96.